The Labute approximate surface area is 181 Å². The van der Waals surface area contributed by atoms with Gasteiger partial charge in [-0.2, -0.15) is 0 Å². The van der Waals surface area contributed by atoms with Gasteiger partial charge in [0.1, 0.15) is 5.75 Å². The quantitative estimate of drug-likeness (QED) is 0.441. The number of aromatic nitrogens is 2. The highest BCUT2D eigenvalue weighted by atomic mass is 16.5. The van der Waals surface area contributed by atoms with Gasteiger partial charge in [-0.25, -0.2) is 9.97 Å². The molecule has 1 N–H and O–H groups in total. The highest BCUT2D eigenvalue weighted by Crippen LogP contribution is 2.22. The second kappa shape index (κ2) is 9.22. The third-order valence-corrected chi connectivity index (χ3v) is 4.96. The van der Waals surface area contributed by atoms with Crippen LogP contribution in [0.3, 0.4) is 0 Å². The highest BCUT2D eigenvalue weighted by Gasteiger charge is 2.12. The van der Waals surface area contributed by atoms with E-state index in [-0.39, 0.29) is 18.0 Å². The molecule has 0 aliphatic rings. The lowest BCUT2D eigenvalue weighted by atomic mass is 10.0. The fourth-order valence-corrected chi connectivity index (χ4v) is 3.17. The van der Waals surface area contributed by atoms with Crippen molar-refractivity contribution in [2.45, 2.75) is 19.9 Å². The maximum atomic E-state index is 12.8. The number of carbonyl (C=O) groups excluding carboxylic acids is 1. The Kier molecular flexibility index (Phi) is 6.03. The first-order valence-corrected chi connectivity index (χ1v) is 10.1. The van der Waals surface area contributed by atoms with Gasteiger partial charge in [0.05, 0.1) is 6.04 Å². The summed E-state index contributed by atoms with van der Waals surface area (Å²) in [4.78, 5) is 21.3. The molecule has 0 fully saturated rings. The number of hydrogen-bond donors (Lipinski definition) is 1. The van der Waals surface area contributed by atoms with E-state index in [0.717, 1.165) is 16.7 Å². The number of rotatable bonds is 6. The Balaban J connectivity index is 1.46. The number of amides is 1. The van der Waals surface area contributed by atoms with E-state index in [0.29, 0.717) is 11.3 Å². The Bertz CT molecular complexity index is 1160. The first-order chi connectivity index (χ1) is 15.1. The summed E-state index contributed by atoms with van der Waals surface area (Å²) in [5, 5.41) is 3.06. The molecule has 1 atom stereocenters. The zero-order valence-corrected chi connectivity index (χ0v) is 17.4. The van der Waals surface area contributed by atoms with E-state index >= 15 is 0 Å². The minimum Gasteiger partial charge on any atom is -0.424 e. The summed E-state index contributed by atoms with van der Waals surface area (Å²) in [5.41, 5.74) is 4.51. The van der Waals surface area contributed by atoms with Crippen molar-refractivity contribution in [3.8, 4) is 22.9 Å². The van der Waals surface area contributed by atoms with E-state index in [9.17, 15) is 4.79 Å². The topological polar surface area (TPSA) is 64.1 Å². The van der Waals surface area contributed by atoms with Gasteiger partial charge in [-0.3, -0.25) is 4.79 Å². The second-order valence-electron chi connectivity index (χ2n) is 7.36. The average molecular weight is 409 g/mol. The second-order valence-corrected chi connectivity index (χ2v) is 7.36. The number of benzene rings is 3. The summed E-state index contributed by atoms with van der Waals surface area (Å²) in [7, 11) is 0. The normalized spacial score (nSPS) is 11.5. The summed E-state index contributed by atoms with van der Waals surface area (Å²) < 4.78 is 5.64. The van der Waals surface area contributed by atoms with Crippen LogP contribution in [0.2, 0.25) is 0 Å². The monoisotopic (exact) mass is 409 g/mol. The van der Waals surface area contributed by atoms with Crippen LogP contribution in [0.1, 0.15) is 34.5 Å². The van der Waals surface area contributed by atoms with Gasteiger partial charge in [0.25, 0.3) is 5.91 Å². The molecule has 0 bridgehead atoms. The number of hydrogen-bond acceptors (Lipinski definition) is 4. The predicted molar refractivity (Wildman–Crippen MR) is 121 cm³/mol. The Hall–Kier alpha value is -3.99. The van der Waals surface area contributed by atoms with Crippen LogP contribution in [0.15, 0.2) is 91.3 Å². The van der Waals surface area contributed by atoms with E-state index in [1.807, 2.05) is 86.6 Å². The van der Waals surface area contributed by atoms with Crippen molar-refractivity contribution in [1.29, 1.82) is 0 Å². The standard InChI is InChI=1S/C26H23N3O2/c1-18-11-13-20(14-12-18)19(2)29-25(30)22-8-6-7-21(15-22)23-16-27-26(28-17-23)31-24-9-4-3-5-10-24/h3-17,19H,1-2H3,(H,29,30)/t19-/m1/s1. The SMILES string of the molecule is Cc1ccc([C@@H](C)NC(=O)c2cccc(-c3cnc(Oc4ccccc4)nc3)c2)cc1. The Morgan fingerprint density at radius 1 is 0.871 bits per heavy atom. The van der Waals surface area contributed by atoms with E-state index in [4.69, 9.17) is 4.74 Å². The van der Waals surface area contributed by atoms with Crippen LogP contribution in [0, 0.1) is 6.92 Å². The molecular weight excluding hydrogens is 386 g/mol. The lowest BCUT2D eigenvalue weighted by molar-refractivity contribution is 0.0940. The molecule has 31 heavy (non-hydrogen) atoms. The van der Waals surface area contributed by atoms with E-state index < -0.39 is 0 Å². The number of nitrogens with zero attached hydrogens (tertiary/aromatic N) is 2. The molecule has 5 heteroatoms. The Morgan fingerprint density at radius 2 is 1.58 bits per heavy atom. The minimum absolute atomic E-state index is 0.0884. The van der Waals surface area contributed by atoms with Crippen LogP contribution in [-0.4, -0.2) is 15.9 Å². The van der Waals surface area contributed by atoms with Crippen LogP contribution in [0.5, 0.6) is 11.8 Å². The van der Waals surface area contributed by atoms with E-state index in [1.54, 1.807) is 18.5 Å². The van der Waals surface area contributed by atoms with Gasteiger partial charge < -0.3 is 10.1 Å². The molecule has 1 aromatic heterocycles. The van der Waals surface area contributed by atoms with Crippen LogP contribution < -0.4 is 10.1 Å². The third kappa shape index (κ3) is 5.14. The maximum Gasteiger partial charge on any atom is 0.321 e. The molecule has 1 amide bonds. The van der Waals surface area contributed by atoms with Crippen LogP contribution in [0.4, 0.5) is 0 Å². The van der Waals surface area contributed by atoms with Gasteiger partial charge in [-0.15, -0.1) is 0 Å². The van der Waals surface area contributed by atoms with E-state index in [2.05, 4.69) is 15.3 Å². The zero-order valence-electron chi connectivity index (χ0n) is 17.4. The molecule has 4 rings (SSSR count). The highest BCUT2D eigenvalue weighted by molar-refractivity contribution is 5.95. The molecule has 0 aliphatic carbocycles. The van der Waals surface area contributed by atoms with Crippen LogP contribution in [-0.2, 0) is 0 Å². The molecule has 0 spiro atoms. The van der Waals surface area contributed by atoms with Crippen molar-refractivity contribution in [1.82, 2.24) is 15.3 Å². The third-order valence-electron chi connectivity index (χ3n) is 4.96. The number of carbonyl (C=O) groups is 1. The average Bonchev–Trinajstić information content (AvgIpc) is 2.81. The molecular formula is C26H23N3O2. The van der Waals surface area contributed by atoms with Gasteiger partial charge in [0, 0.05) is 23.5 Å². The van der Waals surface area contributed by atoms with Crippen LogP contribution in [0.25, 0.3) is 11.1 Å². The van der Waals surface area contributed by atoms with Crippen molar-refractivity contribution in [3.63, 3.8) is 0 Å². The zero-order chi connectivity index (χ0) is 21.6. The smallest absolute Gasteiger partial charge is 0.321 e. The lowest BCUT2D eigenvalue weighted by Crippen LogP contribution is -2.26. The molecule has 0 saturated heterocycles. The van der Waals surface area contributed by atoms with Gasteiger partial charge in [-0.05, 0) is 49.2 Å². The van der Waals surface area contributed by atoms with Crippen molar-refractivity contribution in [2.75, 3.05) is 0 Å². The number of nitrogens with one attached hydrogen (secondary N) is 1. The molecule has 154 valence electrons. The molecule has 3 aromatic carbocycles. The lowest BCUT2D eigenvalue weighted by Gasteiger charge is -2.15. The summed E-state index contributed by atoms with van der Waals surface area (Å²) in [6.45, 7) is 4.02. The summed E-state index contributed by atoms with van der Waals surface area (Å²) in [5.74, 6) is 0.552. The molecule has 0 radical (unpaired) electrons. The number of para-hydroxylation sites is 1. The summed E-state index contributed by atoms with van der Waals surface area (Å²) >= 11 is 0. The molecule has 5 nitrogen and oxygen atoms in total. The number of aryl methyl sites for hydroxylation is 1. The maximum absolute atomic E-state index is 12.8. The van der Waals surface area contributed by atoms with Crippen LogP contribution >= 0.6 is 0 Å². The molecule has 4 aromatic rings. The van der Waals surface area contributed by atoms with E-state index in [1.165, 1.54) is 5.56 Å². The van der Waals surface area contributed by atoms with Crippen molar-refractivity contribution < 1.29 is 9.53 Å². The fraction of sp³-hybridized carbons (Fsp3) is 0.115. The Morgan fingerprint density at radius 3 is 2.29 bits per heavy atom. The first-order valence-electron chi connectivity index (χ1n) is 10.1. The first kappa shape index (κ1) is 20.3. The largest absolute Gasteiger partial charge is 0.424 e. The minimum atomic E-state index is -0.125. The molecule has 0 unspecified atom stereocenters. The van der Waals surface area contributed by atoms with Gasteiger partial charge in [0.2, 0.25) is 0 Å². The predicted octanol–water partition coefficient (Wildman–Crippen LogP) is 5.74. The molecule has 1 heterocycles. The summed E-state index contributed by atoms with van der Waals surface area (Å²) in [6, 6.07) is 25.2. The number of ether oxygens (including phenoxy) is 1. The van der Waals surface area contributed by atoms with Crippen molar-refractivity contribution in [3.05, 3.63) is 108 Å². The summed E-state index contributed by atoms with van der Waals surface area (Å²) in [6.07, 6.45) is 3.38. The van der Waals surface area contributed by atoms with Gasteiger partial charge >= 0.3 is 6.01 Å². The fourth-order valence-electron chi connectivity index (χ4n) is 3.17. The van der Waals surface area contributed by atoms with Crippen molar-refractivity contribution >= 4 is 5.91 Å². The molecule has 0 saturated carbocycles. The van der Waals surface area contributed by atoms with Crippen molar-refractivity contribution in [2.24, 2.45) is 0 Å². The van der Waals surface area contributed by atoms with Gasteiger partial charge in [0.15, 0.2) is 0 Å². The molecule has 0 aliphatic heterocycles. The van der Waals surface area contributed by atoms with Gasteiger partial charge in [-0.1, -0.05) is 60.2 Å².